The zero-order chi connectivity index (χ0) is 21.6. The summed E-state index contributed by atoms with van der Waals surface area (Å²) >= 11 is 0. The second-order valence-electron chi connectivity index (χ2n) is 6.61. The molecule has 0 saturated heterocycles. The van der Waals surface area contributed by atoms with Gasteiger partial charge in [0.15, 0.2) is 9.84 Å². The summed E-state index contributed by atoms with van der Waals surface area (Å²) in [5.74, 6) is -2.23. The van der Waals surface area contributed by atoms with Crippen LogP contribution in [0.3, 0.4) is 0 Å². The number of nitrogen functional groups attached to an aromatic ring is 2. The molecule has 30 heavy (non-hydrogen) atoms. The van der Waals surface area contributed by atoms with E-state index in [-0.39, 0.29) is 12.4 Å². The normalized spacial score (nSPS) is 12.9. The summed E-state index contributed by atoms with van der Waals surface area (Å²) in [5.41, 5.74) is 13.2. The lowest BCUT2D eigenvalue weighted by Crippen LogP contribution is -2.26. The SMILES string of the molecule is CC(=O)OC(CS(=O)(=O)CC(OC(C)=O)c1cccc(N)c1)c1cccc(N)c1.Cl. The fourth-order valence-corrected chi connectivity index (χ4v) is 4.42. The zero-order valence-electron chi connectivity index (χ0n) is 16.6. The molecule has 0 saturated carbocycles. The van der Waals surface area contributed by atoms with Gasteiger partial charge in [-0.2, -0.15) is 0 Å². The number of anilines is 2. The Kier molecular flexibility index (Phi) is 9.13. The van der Waals surface area contributed by atoms with E-state index in [0.717, 1.165) is 0 Å². The second kappa shape index (κ2) is 10.8. The number of hydrogen-bond donors (Lipinski definition) is 2. The highest BCUT2D eigenvalue weighted by Gasteiger charge is 2.29. The lowest BCUT2D eigenvalue weighted by molar-refractivity contribution is -0.146. The molecular weight excluding hydrogens is 432 g/mol. The Balaban J connectivity index is 0.00000450. The lowest BCUT2D eigenvalue weighted by Gasteiger charge is -2.21. The first-order valence-corrected chi connectivity index (χ1v) is 10.6. The Bertz CT molecular complexity index is 923. The molecule has 0 fully saturated rings. The summed E-state index contributed by atoms with van der Waals surface area (Å²) in [7, 11) is -3.83. The Hall–Kier alpha value is -2.78. The van der Waals surface area contributed by atoms with Crippen LogP contribution in [0.1, 0.15) is 37.2 Å². The van der Waals surface area contributed by atoms with Gasteiger partial charge >= 0.3 is 11.9 Å². The number of sulfone groups is 1. The Morgan fingerprint density at radius 1 is 0.833 bits per heavy atom. The summed E-state index contributed by atoms with van der Waals surface area (Å²) in [4.78, 5) is 23.0. The Labute approximate surface area is 181 Å². The van der Waals surface area contributed by atoms with Crippen LogP contribution in [0, 0.1) is 0 Å². The summed E-state index contributed by atoms with van der Waals surface area (Å²) < 4.78 is 36.2. The largest absolute Gasteiger partial charge is 0.457 e. The van der Waals surface area contributed by atoms with Crippen molar-refractivity contribution in [2.75, 3.05) is 23.0 Å². The van der Waals surface area contributed by atoms with Crippen LogP contribution in [0.25, 0.3) is 0 Å². The molecule has 0 heterocycles. The molecule has 4 N–H and O–H groups in total. The number of benzene rings is 2. The number of carbonyl (C=O) groups excluding carboxylic acids is 2. The third kappa shape index (κ3) is 7.92. The fourth-order valence-electron chi connectivity index (χ4n) is 2.85. The van der Waals surface area contributed by atoms with E-state index in [1.165, 1.54) is 13.8 Å². The first-order chi connectivity index (χ1) is 13.6. The van der Waals surface area contributed by atoms with Gasteiger partial charge in [0.2, 0.25) is 0 Å². The fraction of sp³-hybridized carbons (Fsp3) is 0.300. The van der Waals surface area contributed by atoms with E-state index in [4.69, 9.17) is 20.9 Å². The van der Waals surface area contributed by atoms with Gasteiger partial charge < -0.3 is 20.9 Å². The minimum absolute atomic E-state index is 0. The summed E-state index contributed by atoms with van der Waals surface area (Å²) in [6.07, 6.45) is -2.08. The molecular formula is C20H25ClN2O6S. The minimum Gasteiger partial charge on any atom is -0.457 e. The molecule has 2 atom stereocenters. The number of rotatable bonds is 8. The van der Waals surface area contributed by atoms with Crippen LogP contribution in [0.2, 0.25) is 0 Å². The van der Waals surface area contributed by atoms with Crippen molar-refractivity contribution in [1.29, 1.82) is 0 Å². The molecule has 0 amide bonds. The number of hydrogen-bond acceptors (Lipinski definition) is 8. The van der Waals surface area contributed by atoms with Crippen molar-refractivity contribution in [1.82, 2.24) is 0 Å². The van der Waals surface area contributed by atoms with Crippen LogP contribution in [-0.4, -0.2) is 31.9 Å². The predicted octanol–water partition coefficient (Wildman–Crippen LogP) is 2.60. The molecule has 0 radical (unpaired) electrons. The van der Waals surface area contributed by atoms with E-state index in [1.54, 1.807) is 48.5 Å². The van der Waals surface area contributed by atoms with Crippen molar-refractivity contribution in [3.63, 3.8) is 0 Å². The molecule has 164 valence electrons. The highest BCUT2D eigenvalue weighted by Crippen LogP contribution is 2.26. The van der Waals surface area contributed by atoms with Crippen molar-refractivity contribution in [3.05, 3.63) is 59.7 Å². The molecule has 2 aromatic rings. The highest BCUT2D eigenvalue weighted by molar-refractivity contribution is 7.91. The molecule has 0 bridgehead atoms. The van der Waals surface area contributed by atoms with Crippen LogP contribution < -0.4 is 11.5 Å². The van der Waals surface area contributed by atoms with Crippen LogP contribution in [0.5, 0.6) is 0 Å². The highest BCUT2D eigenvalue weighted by atomic mass is 35.5. The average molecular weight is 457 g/mol. The van der Waals surface area contributed by atoms with Gasteiger partial charge in [0.05, 0.1) is 11.5 Å². The molecule has 2 unspecified atom stereocenters. The van der Waals surface area contributed by atoms with Crippen LogP contribution >= 0.6 is 12.4 Å². The van der Waals surface area contributed by atoms with Crippen molar-refractivity contribution in [2.45, 2.75) is 26.1 Å². The number of halogens is 1. The zero-order valence-corrected chi connectivity index (χ0v) is 18.2. The molecule has 2 aromatic carbocycles. The Morgan fingerprint density at radius 2 is 1.20 bits per heavy atom. The Morgan fingerprint density at radius 3 is 1.50 bits per heavy atom. The predicted molar refractivity (Wildman–Crippen MR) is 117 cm³/mol. The second-order valence-corrected chi connectivity index (χ2v) is 8.77. The van der Waals surface area contributed by atoms with Gasteiger partial charge in [0.25, 0.3) is 0 Å². The van der Waals surface area contributed by atoms with Crippen LogP contribution in [-0.2, 0) is 28.9 Å². The number of carbonyl (C=O) groups is 2. The topological polar surface area (TPSA) is 139 Å². The maximum absolute atomic E-state index is 12.9. The average Bonchev–Trinajstić information content (AvgIpc) is 2.59. The number of ether oxygens (including phenoxy) is 2. The van der Waals surface area contributed by atoms with Gasteiger partial charge in [0, 0.05) is 25.2 Å². The minimum atomic E-state index is -3.83. The third-order valence-corrected chi connectivity index (χ3v) is 5.61. The smallest absolute Gasteiger partial charge is 0.303 e. The van der Waals surface area contributed by atoms with Crippen molar-refractivity contribution in [2.24, 2.45) is 0 Å². The lowest BCUT2D eigenvalue weighted by atomic mass is 10.1. The maximum Gasteiger partial charge on any atom is 0.303 e. The van der Waals surface area contributed by atoms with Crippen LogP contribution in [0.4, 0.5) is 11.4 Å². The summed E-state index contributed by atoms with van der Waals surface area (Å²) in [5, 5.41) is 0. The standard InChI is InChI=1S/C20H24N2O6S.ClH/c1-13(23)27-19(15-5-3-7-17(21)9-15)11-29(25,26)12-20(28-14(2)24)16-6-4-8-18(22)10-16;/h3-10,19-20H,11-12,21-22H2,1-2H3;1H. The van der Waals surface area contributed by atoms with E-state index in [9.17, 15) is 18.0 Å². The molecule has 10 heteroatoms. The summed E-state index contributed by atoms with van der Waals surface area (Å²) in [6, 6.07) is 12.9. The first-order valence-electron chi connectivity index (χ1n) is 8.81. The van der Waals surface area contributed by atoms with Crippen molar-refractivity contribution < 1.29 is 27.5 Å². The molecule has 0 aliphatic heterocycles. The van der Waals surface area contributed by atoms with E-state index in [0.29, 0.717) is 22.5 Å². The van der Waals surface area contributed by atoms with Crippen LogP contribution in [0.15, 0.2) is 48.5 Å². The van der Waals surface area contributed by atoms with Gasteiger partial charge in [-0.05, 0) is 35.4 Å². The molecule has 0 aliphatic carbocycles. The van der Waals surface area contributed by atoms with E-state index >= 15 is 0 Å². The van der Waals surface area contributed by atoms with Gasteiger partial charge in [-0.3, -0.25) is 9.59 Å². The molecule has 0 aliphatic rings. The molecule has 0 spiro atoms. The first kappa shape index (κ1) is 25.3. The number of esters is 2. The number of nitrogens with two attached hydrogens (primary N) is 2. The van der Waals surface area contributed by atoms with Crippen molar-refractivity contribution in [3.8, 4) is 0 Å². The van der Waals surface area contributed by atoms with E-state index < -0.39 is 45.5 Å². The van der Waals surface area contributed by atoms with Gasteiger partial charge in [0.1, 0.15) is 12.2 Å². The third-order valence-electron chi connectivity index (χ3n) is 3.99. The van der Waals surface area contributed by atoms with Gasteiger partial charge in [-0.25, -0.2) is 8.42 Å². The van der Waals surface area contributed by atoms with Gasteiger partial charge in [-0.15, -0.1) is 12.4 Å². The van der Waals surface area contributed by atoms with E-state index in [1.807, 2.05) is 0 Å². The van der Waals surface area contributed by atoms with E-state index in [2.05, 4.69) is 0 Å². The quantitative estimate of drug-likeness (QED) is 0.456. The monoisotopic (exact) mass is 456 g/mol. The van der Waals surface area contributed by atoms with Crippen molar-refractivity contribution >= 4 is 45.6 Å². The maximum atomic E-state index is 12.9. The summed E-state index contributed by atoms with van der Waals surface area (Å²) in [6.45, 7) is 2.39. The molecule has 2 rings (SSSR count). The van der Waals surface area contributed by atoms with Gasteiger partial charge in [-0.1, -0.05) is 24.3 Å². The molecule has 0 aromatic heterocycles. The molecule has 8 nitrogen and oxygen atoms in total.